The Morgan fingerprint density at radius 2 is 2.47 bits per heavy atom. The molecule has 0 spiro atoms. The van der Waals surface area contributed by atoms with E-state index in [1.165, 1.54) is 0 Å². The summed E-state index contributed by atoms with van der Waals surface area (Å²) in [6.07, 6.45) is 3.38. The molecule has 0 amide bonds. The van der Waals surface area contributed by atoms with Crippen molar-refractivity contribution in [1.82, 2.24) is 4.98 Å². The first-order valence-electron chi connectivity index (χ1n) is 4.81. The molecular formula is C10H15N3OS. The summed E-state index contributed by atoms with van der Waals surface area (Å²) < 4.78 is 5.21. The van der Waals surface area contributed by atoms with E-state index in [2.05, 4.69) is 10.3 Å². The number of nitrogens with two attached hydrogens (primary N) is 1. The molecule has 3 N–H and O–H groups in total. The van der Waals surface area contributed by atoms with Crippen LogP contribution in [0.1, 0.15) is 12.5 Å². The van der Waals surface area contributed by atoms with E-state index >= 15 is 0 Å². The lowest BCUT2D eigenvalue weighted by molar-refractivity contribution is 0.158. The Bertz CT molecular complexity index is 330. The third-order valence-corrected chi connectivity index (χ3v) is 2.07. The van der Waals surface area contributed by atoms with Crippen LogP contribution in [0.5, 0.6) is 0 Å². The molecular weight excluding hydrogens is 210 g/mol. The number of aromatic nitrogens is 1. The van der Waals surface area contributed by atoms with Crippen LogP contribution >= 0.6 is 12.2 Å². The maximum Gasteiger partial charge on any atom is 0.106 e. The molecule has 0 aliphatic heterocycles. The van der Waals surface area contributed by atoms with Gasteiger partial charge in [-0.3, -0.25) is 4.98 Å². The molecule has 15 heavy (non-hydrogen) atoms. The van der Waals surface area contributed by atoms with Gasteiger partial charge in [-0.05, 0) is 13.0 Å². The van der Waals surface area contributed by atoms with Crippen LogP contribution in [-0.2, 0) is 4.74 Å². The van der Waals surface area contributed by atoms with Gasteiger partial charge in [-0.2, -0.15) is 0 Å². The predicted molar refractivity (Wildman–Crippen MR) is 65.1 cm³/mol. The van der Waals surface area contributed by atoms with Crippen LogP contribution < -0.4 is 11.1 Å². The normalized spacial score (nSPS) is 9.93. The first-order chi connectivity index (χ1) is 7.25. The predicted octanol–water partition coefficient (Wildman–Crippen LogP) is 1.16. The van der Waals surface area contributed by atoms with Crippen LogP contribution in [0.4, 0.5) is 5.69 Å². The summed E-state index contributed by atoms with van der Waals surface area (Å²) in [6, 6.07) is 1.80. The third-order valence-electron chi connectivity index (χ3n) is 1.85. The van der Waals surface area contributed by atoms with Crippen LogP contribution in [0, 0.1) is 0 Å². The van der Waals surface area contributed by atoms with Gasteiger partial charge < -0.3 is 15.8 Å². The van der Waals surface area contributed by atoms with Crippen molar-refractivity contribution in [3.8, 4) is 0 Å². The summed E-state index contributed by atoms with van der Waals surface area (Å²) in [5.74, 6) is 0. The van der Waals surface area contributed by atoms with Crippen molar-refractivity contribution in [3.63, 3.8) is 0 Å². The van der Waals surface area contributed by atoms with Crippen molar-refractivity contribution in [2.45, 2.75) is 6.92 Å². The number of nitrogens with zero attached hydrogens (tertiary/aromatic N) is 1. The van der Waals surface area contributed by atoms with Gasteiger partial charge in [0, 0.05) is 24.9 Å². The second kappa shape index (κ2) is 6.31. The molecule has 1 rings (SSSR count). The summed E-state index contributed by atoms with van der Waals surface area (Å²) >= 11 is 4.93. The zero-order valence-corrected chi connectivity index (χ0v) is 9.51. The van der Waals surface area contributed by atoms with E-state index in [0.29, 0.717) is 11.6 Å². The van der Waals surface area contributed by atoms with Crippen LogP contribution in [0.25, 0.3) is 0 Å². The highest BCUT2D eigenvalue weighted by Gasteiger charge is 2.03. The molecule has 0 fully saturated rings. The Hall–Kier alpha value is -1.20. The van der Waals surface area contributed by atoms with Crippen molar-refractivity contribution in [3.05, 3.63) is 24.0 Å². The highest BCUT2D eigenvalue weighted by molar-refractivity contribution is 7.80. The van der Waals surface area contributed by atoms with Crippen LogP contribution in [0.3, 0.4) is 0 Å². The van der Waals surface area contributed by atoms with Crippen molar-refractivity contribution < 1.29 is 4.74 Å². The summed E-state index contributed by atoms with van der Waals surface area (Å²) in [5, 5.41) is 3.17. The first kappa shape index (κ1) is 11.9. The van der Waals surface area contributed by atoms with Gasteiger partial charge in [-0.25, -0.2) is 0 Å². The molecule has 0 aliphatic rings. The molecule has 1 aromatic rings. The van der Waals surface area contributed by atoms with Gasteiger partial charge in [-0.15, -0.1) is 0 Å². The largest absolute Gasteiger partial charge is 0.389 e. The van der Waals surface area contributed by atoms with E-state index in [4.69, 9.17) is 22.7 Å². The van der Waals surface area contributed by atoms with Crippen LogP contribution in [0.2, 0.25) is 0 Å². The van der Waals surface area contributed by atoms with Gasteiger partial charge >= 0.3 is 0 Å². The molecule has 0 radical (unpaired) electrons. The molecule has 1 aromatic heterocycles. The molecule has 0 unspecified atom stereocenters. The number of thiocarbonyl (C=S) groups is 1. The van der Waals surface area contributed by atoms with Gasteiger partial charge in [0.2, 0.25) is 0 Å². The zero-order chi connectivity index (χ0) is 11.1. The zero-order valence-electron chi connectivity index (χ0n) is 8.69. The minimum absolute atomic E-state index is 0.372. The van der Waals surface area contributed by atoms with Crippen LogP contribution in [0.15, 0.2) is 18.5 Å². The van der Waals surface area contributed by atoms with Crippen molar-refractivity contribution >= 4 is 22.9 Å². The third kappa shape index (κ3) is 3.81. The molecule has 82 valence electrons. The Labute approximate surface area is 94.8 Å². The molecule has 0 aromatic carbocycles. The lowest BCUT2D eigenvalue weighted by Gasteiger charge is -2.09. The fourth-order valence-electron chi connectivity index (χ4n) is 1.15. The fraction of sp³-hybridized carbons (Fsp3) is 0.400. The molecule has 1 heterocycles. The monoisotopic (exact) mass is 225 g/mol. The number of ether oxygens (including phenoxy) is 1. The number of hydrogen-bond acceptors (Lipinski definition) is 4. The van der Waals surface area contributed by atoms with E-state index in [9.17, 15) is 0 Å². The van der Waals surface area contributed by atoms with E-state index in [1.807, 2.05) is 6.92 Å². The number of nitrogens with one attached hydrogen (secondary N) is 1. The summed E-state index contributed by atoms with van der Waals surface area (Å²) in [6.45, 7) is 4.05. The van der Waals surface area contributed by atoms with E-state index < -0.39 is 0 Å². The summed E-state index contributed by atoms with van der Waals surface area (Å²) in [4.78, 5) is 4.38. The smallest absolute Gasteiger partial charge is 0.106 e. The molecule has 0 bridgehead atoms. The lowest BCUT2D eigenvalue weighted by Crippen LogP contribution is -2.16. The molecule has 4 nitrogen and oxygen atoms in total. The van der Waals surface area contributed by atoms with Gasteiger partial charge in [0.1, 0.15) is 4.99 Å². The summed E-state index contributed by atoms with van der Waals surface area (Å²) in [7, 11) is 0. The maximum atomic E-state index is 5.58. The molecule has 0 atom stereocenters. The van der Waals surface area contributed by atoms with Gasteiger partial charge in [0.05, 0.1) is 18.5 Å². The standard InChI is InChI=1S/C10H15N3OS/c1-2-14-6-5-13-9-7-12-4-3-8(9)10(11)15/h3-4,7,13H,2,5-6H2,1H3,(H2,11,15). The number of hydrogen-bond donors (Lipinski definition) is 2. The van der Waals surface area contributed by atoms with Gasteiger partial charge in [0.15, 0.2) is 0 Å². The average Bonchev–Trinajstić information content (AvgIpc) is 2.25. The first-order valence-corrected chi connectivity index (χ1v) is 5.22. The van der Waals surface area contributed by atoms with Crippen molar-refractivity contribution in [2.24, 2.45) is 5.73 Å². The highest BCUT2D eigenvalue weighted by atomic mass is 32.1. The second-order valence-corrected chi connectivity index (χ2v) is 3.35. The Morgan fingerprint density at radius 1 is 1.67 bits per heavy atom. The van der Waals surface area contributed by atoms with Crippen molar-refractivity contribution in [1.29, 1.82) is 0 Å². The Balaban J connectivity index is 2.56. The topological polar surface area (TPSA) is 60.2 Å². The SMILES string of the molecule is CCOCCNc1cnccc1C(N)=S. The van der Waals surface area contributed by atoms with E-state index in [-0.39, 0.29) is 0 Å². The highest BCUT2D eigenvalue weighted by Crippen LogP contribution is 2.12. The van der Waals surface area contributed by atoms with E-state index in [1.54, 1.807) is 18.5 Å². The lowest BCUT2D eigenvalue weighted by atomic mass is 10.2. The van der Waals surface area contributed by atoms with Gasteiger partial charge in [0.25, 0.3) is 0 Å². The maximum absolute atomic E-state index is 5.58. The van der Waals surface area contributed by atoms with Crippen molar-refractivity contribution in [2.75, 3.05) is 25.1 Å². The van der Waals surface area contributed by atoms with E-state index in [0.717, 1.165) is 24.4 Å². The Kier molecular flexibility index (Phi) is 5.00. The number of rotatable bonds is 6. The second-order valence-electron chi connectivity index (χ2n) is 2.91. The number of pyridine rings is 1. The fourth-order valence-corrected chi connectivity index (χ4v) is 1.33. The average molecular weight is 225 g/mol. The number of anilines is 1. The molecule has 0 saturated heterocycles. The Morgan fingerprint density at radius 3 is 3.13 bits per heavy atom. The van der Waals surface area contributed by atoms with Gasteiger partial charge in [-0.1, -0.05) is 12.2 Å². The minimum Gasteiger partial charge on any atom is -0.389 e. The molecule has 0 saturated carbocycles. The minimum atomic E-state index is 0.372. The molecule has 0 aliphatic carbocycles. The molecule has 5 heteroatoms. The quantitative estimate of drug-likeness (QED) is 0.562. The summed E-state index contributed by atoms with van der Waals surface area (Å²) in [5.41, 5.74) is 7.25. The van der Waals surface area contributed by atoms with Crippen LogP contribution in [-0.4, -0.2) is 29.7 Å².